The second-order valence-corrected chi connectivity index (χ2v) is 8.13. The van der Waals surface area contributed by atoms with E-state index in [1.54, 1.807) is 37.3 Å². The Labute approximate surface area is 212 Å². The smallest absolute Gasteiger partial charge is 0.330 e. The summed E-state index contributed by atoms with van der Waals surface area (Å²) in [6.45, 7) is 1.93. The molecule has 3 aromatic rings. The van der Waals surface area contributed by atoms with Gasteiger partial charge in [0.15, 0.2) is 0 Å². The van der Waals surface area contributed by atoms with E-state index in [0.717, 1.165) is 12.8 Å². The van der Waals surface area contributed by atoms with Gasteiger partial charge in [0.2, 0.25) is 5.91 Å². The van der Waals surface area contributed by atoms with Gasteiger partial charge in [-0.05, 0) is 80.4 Å². The lowest BCUT2D eigenvalue weighted by molar-refractivity contribution is -0.137. The minimum Gasteiger partial charge on any atom is -0.463 e. The molecule has 0 spiro atoms. The second-order valence-electron chi connectivity index (χ2n) is 8.13. The van der Waals surface area contributed by atoms with E-state index in [2.05, 4.69) is 20.9 Å². The summed E-state index contributed by atoms with van der Waals surface area (Å²) >= 11 is 0. The normalized spacial score (nSPS) is 12.6. The maximum atomic E-state index is 13.0. The quantitative estimate of drug-likeness (QED) is 0.259. The van der Waals surface area contributed by atoms with Gasteiger partial charge in [-0.25, -0.2) is 19.0 Å². The van der Waals surface area contributed by atoms with Crippen molar-refractivity contribution in [3.8, 4) is 11.5 Å². The molecule has 1 aliphatic rings. The van der Waals surface area contributed by atoms with Gasteiger partial charge in [0, 0.05) is 29.6 Å². The molecule has 2 aromatic carbocycles. The first-order valence-corrected chi connectivity index (χ1v) is 11.7. The number of nitrogens with one attached hydrogen (secondary N) is 3. The van der Waals surface area contributed by atoms with Crippen LogP contribution in [0.25, 0.3) is 6.08 Å². The summed E-state index contributed by atoms with van der Waals surface area (Å²) in [7, 11) is 0. The molecule has 3 N–H and O–H groups in total. The third-order valence-electron chi connectivity index (χ3n) is 5.25. The maximum absolute atomic E-state index is 13.0. The number of ether oxygens (including phenoxy) is 2. The topological polar surface area (TPSA) is 119 Å². The largest absolute Gasteiger partial charge is 0.463 e. The fourth-order valence-corrected chi connectivity index (χ4v) is 3.27. The number of pyridine rings is 1. The predicted octanol–water partition coefficient (Wildman–Crippen LogP) is 5.58. The Hall–Kier alpha value is -4.73. The molecule has 1 aliphatic carbocycles. The van der Waals surface area contributed by atoms with Crippen LogP contribution in [-0.4, -0.2) is 29.5 Å². The van der Waals surface area contributed by atoms with Crippen LogP contribution in [0.15, 0.2) is 66.9 Å². The molecular formula is C27H25FN4O5. The first-order chi connectivity index (χ1) is 17.9. The van der Waals surface area contributed by atoms with E-state index in [9.17, 15) is 18.8 Å². The molecule has 1 saturated carbocycles. The van der Waals surface area contributed by atoms with Crippen molar-refractivity contribution in [1.82, 2.24) is 4.98 Å². The lowest BCUT2D eigenvalue weighted by Gasteiger charge is -2.14. The summed E-state index contributed by atoms with van der Waals surface area (Å²) in [5.74, 6) is -0.0276. The molecule has 37 heavy (non-hydrogen) atoms. The molecule has 0 aliphatic heterocycles. The van der Waals surface area contributed by atoms with Crippen molar-refractivity contribution in [1.29, 1.82) is 0 Å². The average molecular weight is 505 g/mol. The average Bonchev–Trinajstić information content (AvgIpc) is 3.72. The van der Waals surface area contributed by atoms with Crippen LogP contribution < -0.4 is 20.7 Å². The highest BCUT2D eigenvalue weighted by Gasteiger charge is 2.30. The summed E-state index contributed by atoms with van der Waals surface area (Å²) in [5.41, 5.74) is 1.36. The number of amides is 3. The Morgan fingerprint density at radius 3 is 2.24 bits per heavy atom. The number of esters is 1. The zero-order chi connectivity index (χ0) is 26.2. The van der Waals surface area contributed by atoms with Crippen LogP contribution in [0.3, 0.4) is 0 Å². The number of anilines is 3. The monoisotopic (exact) mass is 504 g/mol. The van der Waals surface area contributed by atoms with E-state index in [1.165, 1.54) is 42.6 Å². The van der Waals surface area contributed by atoms with E-state index in [-0.39, 0.29) is 24.2 Å². The first-order valence-electron chi connectivity index (χ1n) is 11.7. The molecule has 4 rings (SSSR count). The number of hydrogen-bond acceptors (Lipinski definition) is 6. The van der Waals surface area contributed by atoms with Crippen LogP contribution in [0.5, 0.6) is 11.5 Å². The molecule has 0 bridgehead atoms. The van der Waals surface area contributed by atoms with E-state index < -0.39 is 17.8 Å². The van der Waals surface area contributed by atoms with Crippen molar-refractivity contribution in [2.75, 3.05) is 22.6 Å². The Morgan fingerprint density at radius 2 is 1.62 bits per heavy atom. The zero-order valence-corrected chi connectivity index (χ0v) is 20.0. The number of nitrogens with zero attached hydrogens (tertiary/aromatic N) is 1. The summed E-state index contributed by atoms with van der Waals surface area (Å²) < 4.78 is 24.0. The molecule has 1 heterocycles. The molecule has 3 amide bonds. The number of benzene rings is 2. The van der Waals surface area contributed by atoms with Crippen LogP contribution in [0, 0.1) is 11.7 Å². The fourth-order valence-electron chi connectivity index (χ4n) is 3.27. The molecule has 10 heteroatoms. The van der Waals surface area contributed by atoms with Crippen LogP contribution in [0.4, 0.5) is 26.4 Å². The minimum absolute atomic E-state index is 0.0337. The van der Waals surface area contributed by atoms with E-state index in [0.29, 0.717) is 28.4 Å². The van der Waals surface area contributed by atoms with Crippen LogP contribution >= 0.6 is 0 Å². The molecule has 1 fully saturated rings. The van der Waals surface area contributed by atoms with Gasteiger partial charge in [-0.1, -0.05) is 0 Å². The maximum Gasteiger partial charge on any atom is 0.330 e. The van der Waals surface area contributed by atoms with Crippen molar-refractivity contribution in [3.05, 3.63) is 78.3 Å². The molecule has 0 saturated heterocycles. The number of carbonyl (C=O) groups is 3. The van der Waals surface area contributed by atoms with Gasteiger partial charge in [0.05, 0.1) is 12.2 Å². The number of urea groups is 1. The molecule has 0 unspecified atom stereocenters. The molecule has 9 nitrogen and oxygen atoms in total. The summed E-state index contributed by atoms with van der Waals surface area (Å²) in [4.78, 5) is 40.7. The molecule has 1 aromatic heterocycles. The summed E-state index contributed by atoms with van der Waals surface area (Å²) in [6, 6.07) is 13.1. The van der Waals surface area contributed by atoms with Gasteiger partial charge < -0.3 is 25.4 Å². The molecule has 190 valence electrons. The molecule has 0 radical (unpaired) electrons. The van der Waals surface area contributed by atoms with Gasteiger partial charge >= 0.3 is 12.0 Å². The highest BCUT2D eigenvalue weighted by Crippen LogP contribution is 2.34. The van der Waals surface area contributed by atoms with Gasteiger partial charge in [0.25, 0.3) is 0 Å². The number of rotatable bonds is 9. The van der Waals surface area contributed by atoms with Crippen LogP contribution in [0.1, 0.15) is 25.3 Å². The number of hydrogen-bond donors (Lipinski definition) is 3. The van der Waals surface area contributed by atoms with E-state index in [1.807, 2.05) is 0 Å². The van der Waals surface area contributed by atoms with Crippen LogP contribution in [-0.2, 0) is 14.3 Å². The Morgan fingerprint density at radius 1 is 0.973 bits per heavy atom. The van der Waals surface area contributed by atoms with Crippen LogP contribution in [0.2, 0.25) is 0 Å². The first kappa shape index (κ1) is 25.4. The SMILES string of the molecule is CCOC(=O)C=Cc1c(Oc2ccc(NC(=O)Nc3ccc(F)cc3)cc2)ccnc1NC(=O)C1CC1. The highest BCUT2D eigenvalue weighted by molar-refractivity contribution is 6.00. The lowest BCUT2D eigenvalue weighted by Crippen LogP contribution is -2.19. The highest BCUT2D eigenvalue weighted by atomic mass is 19.1. The second kappa shape index (κ2) is 11.8. The van der Waals surface area contributed by atoms with Gasteiger partial charge in [-0.3, -0.25) is 4.79 Å². The van der Waals surface area contributed by atoms with Gasteiger partial charge in [-0.15, -0.1) is 0 Å². The van der Waals surface area contributed by atoms with Gasteiger partial charge in [0.1, 0.15) is 23.1 Å². The lowest BCUT2D eigenvalue weighted by atomic mass is 10.2. The van der Waals surface area contributed by atoms with Gasteiger partial charge in [-0.2, -0.15) is 0 Å². The van der Waals surface area contributed by atoms with Crippen molar-refractivity contribution >= 4 is 41.2 Å². The van der Waals surface area contributed by atoms with Crippen molar-refractivity contribution in [2.45, 2.75) is 19.8 Å². The summed E-state index contributed by atoms with van der Waals surface area (Å²) in [5, 5.41) is 8.09. The minimum atomic E-state index is -0.536. The van der Waals surface area contributed by atoms with E-state index >= 15 is 0 Å². The predicted molar refractivity (Wildman–Crippen MR) is 137 cm³/mol. The van der Waals surface area contributed by atoms with Crippen molar-refractivity contribution < 1.29 is 28.2 Å². The third-order valence-corrected chi connectivity index (χ3v) is 5.25. The Kier molecular flexibility index (Phi) is 8.09. The van der Waals surface area contributed by atoms with E-state index in [4.69, 9.17) is 9.47 Å². The van der Waals surface area contributed by atoms with Crippen molar-refractivity contribution in [3.63, 3.8) is 0 Å². The molecule has 0 atom stereocenters. The fraction of sp³-hybridized carbons (Fsp3) is 0.185. The summed E-state index contributed by atoms with van der Waals surface area (Å²) in [6.07, 6.45) is 5.89. The molecular weight excluding hydrogens is 479 g/mol. The number of carbonyl (C=O) groups excluding carboxylic acids is 3. The number of halogens is 1. The Bertz CT molecular complexity index is 1310. The van der Waals surface area contributed by atoms with Crippen molar-refractivity contribution in [2.24, 2.45) is 5.92 Å². The standard InChI is InChI=1S/C27H25FN4O5/c1-2-36-24(33)14-13-22-23(15-16-29-25(22)32-26(34)17-3-4-17)37-21-11-9-20(10-12-21)31-27(35)30-19-7-5-18(28)6-8-19/h5-17H,2-4H2,1H3,(H,29,32,34)(H2,30,31,35). The Balaban J connectivity index is 1.47. The number of aromatic nitrogens is 1. The third kappa shape index (κ3) is 7.38. The zero-order valence-electron chi connectivity index (χ0n) is 20.0.